The Morgan fingerprint density at radius 1 is 1.26 bits per heavy atom. The molecule has 0 unspecified atom stereocenters. The lowest BCUT2D eigenvalue weighted by Gasteiger charge is -2.28. The van der Waals surface area contributed by atoms with Crippen LogP contribution in [0.15, 0.2) is 41.2 Å². The van der Waals surface area contributed by atoms with Crippen LogP contribution in [0, 0.1) is 0 Å². The second-order valence-electron chi connectivity index (χ2n) is 5.23. The van der Waals surface area contributed by atoms with Crippen LogP contribution < -0.4 is 10.2 Å². The van der Waals surface area contributed by atoms with E-state index in [-0.39, 0.29) is 5.91 Å². The highest BCUT2D eigenvalue weighted by atomic mass is 32.2. The first-order valence-corrected chi connectivity index (χ1v) is 9.67. The van der Waals surface area contributed by atoms with E-state index >= 15 is 0 Å². The first-order chi connectivity index (χ1) is 11.3. The first kappa shape index (κ1) is 16.1. The molecule has 6 heteroatoms. The third-order valence-corrected chi connectivity index (χ3v) is 5.18. The van der Waals surface area contributed by atoms with E-state index in [2.05, 4.69) is 39.5 Å². The number of nitrogens with one attached hydrogen (secondary N) is 1. The zero-order valence-electron chi connectivity index (χ0n) is 12.8. The fourth-order valence-electron chi connectivity index (χ4n) is 2.36. The van der Waals surface area contributed by atoms with Crippen LogP contribution >= 0.6 is 23.1 Å². The second kappa shape index (κ2) is 8.17. The summed E-state index contributed by atoms with van der Waals surface area (Å²) in [7, 11) is 0. The minimum absolute atomic E-state index is 0.102. The summed E-state index contributed by atoms with van der Waals surface area (Å²) in [6, 6.07) is 8.45. The number of benzene rings is 1. The van der Waals surface area contributed by atoms with Gasteiger partial charge in [-0.05, 0) is 23.8 Å². The van der Waals surface area contributed by atoms with E-state index in [1.807, 2.05) is 17.1 Å². The number of hydrogen-bond donors (Lipinski definition) is 1. The molecule has 23 heavy (non-hydrogen) atoms. The molecule has 1 aliphatic heterocycles. The molecule has 1 aliphatic rings. The van der Waals surface area contributed by atoms with Gasteiger partial charge >= 0.3 is 0 Å². The van der Waals surface area contributed by atoms with Crippen molar-refractivity contribution in [2.45, 2.75) is 6.54 Å². The maximum Gasteiger partial charge on any atom is 0.244 e. The van der Waals surface area contributed by atoms with Crippen LogP contribution in [0.2, 0.25) is 0 Å². The minimum atomic E-state index is -0.102. The molecule has 0 spiro atoms. The lowest BCUT2D eigenvalue weighted by molar-refractivity contribution is -0.116. The molecule has 1 fully saturated rings. The topological polar surface area (TPSA) is 45.2 Å². The van der Waals surface area contributed by atoms with Gasteiger partial charge in [-0.15, -0.1) is 11.3 Å². The van der Waals surface area contributed by atoms with Crippen LogP contribution in [0.1, 0.15) is 11.3 Å². The van der Waals surface area contributed by atoms with Gasteiger partial charge in [-0.1, -0.05) is 12.1 Å². The van der Waals surface area contributed by atoms with E-state index in [0.717, 1.165) is 24.3 Å². The van der Waals surface area contributed by atoms with Gasteiger partial charge in [-0.3, -0.25) is 4.79 Å². The highest BCUT2D eigenvalue weighted by Crippen LogP contribution is 2.19. The molecule has 0 radical (unpaired) electrons. The number of hydrogen-bond acceptors (Lipinski definition) is 5. The summed E-state index contributed by atoms with van der Waals surface area (Å²) in [4.78, 5) is 18.3. The lowest BCUT2D eigenvalue weighted by atomic mass is 10.2. The van der Waals surface area contributed by atoms with Gasteiger partial charge in [0.05, 0.1) is 11.2 Å². The molecule has 0 atom stereocenters. The number of thiazole rings is 1. The number of anilines is 1. The number of amides is 1. The monoisotopic (exact) mass is 345 g/mol. The zero-order chi connectivity index (χ0) is 15.9. The minimum Gasteiger partial charge on any atom is -0.370 e. The normalized spacial score (nSPS) is 15.0. The van der Waals surface area contributed by atoms with Gasteiger partial charge in [0, 0.05) is 48.3 Å². The molecule has 2 heterocycles. The van der Waals surface area contributed by atoms with Gasteiger partial charge in [0.1, 0.15) is 0 Å². The predicted octanol–water partition coefficient (Wildman–Crippen LogP) is 3.03. The van der Waals surface area contributed by atoms with Crippen molar-refractivity contribution in [3.63, 3.8) is 0 Å². The van der Waals surface area contributed by atoms with Crippen molar-refractivity contribution in [1.82, 2.24) is 10.3 Å². The first-order valence-electron chi connectivity index (χ1n) is 7.57. The van der Waals surface area contributed by atoms with Crippen molar-refractivity contribution in [2.24, 2.45) is 0 Å². The van der Waals surface area contributed by atoms with Gasteiger partial charge in [0.15, 0.2) is 0 Å². The molecule has 4 nitrogen and oxygen atoms in total. The van der Waals surface area contributed by atoms with Gasteiger partial charge in [0.25, 0.3) is 0 Å². The Labute approximate surface area is 144 Å². The summed E-state index contributed by atoms with van der Waals surface area (Å²) in [6.07, 6.45) is 3.25. The van der Waals surface area contributed by atoms with E-state index < -0.39 is 0 Å². The molecule has 1 aromatic heterocycles. The summed E-state index contributed by atoms with van der Waals surface area (Å²) in [6.45, 7) is 2.76. The molecule has 0 saturated carbocycles. The molecule has 3 rings (SSSR count). The fourth-order valence-corrected chi connectivity index (χ4v) is 3.78. The van der Waals surface area contributed by atoms with Crippen molar-refractivity contribution >= 4 is 40.8 Å². The number of thioether (sulfide) groups is 1. The molecule has 1 amide bonds. The van der Waals surface area contributed by atoms with E-state index in [1.165, 1.54) is 34.6 Å². The smallest absolute Gasteiger partial charge is 0.244 e. The van der Waals surface area contributed by atoms with Gasteiger partial charge in [0.2, 0.25) is 5.91 Å². The van der Waals surface area contributed by atoms with Crippen LogP contribution in [-0.4, -0.2) is 35.5 Å². The molecular weight excluding hydrogens is 326 g/mol. The summed E-state index contributed by atoms with van der Waals surface area (Å²) in [5.74, 6) is 2.29. The number of aromatic nitrogens is 1. The Morgan fingerprint density at radius 3 is 2.74 bits per heavy atom. The van der Waals surface area contributed by atoms with E-state index in [4.69, 9.17) is 0 Å². The standard InChI is InChI=1S/C17H19N3OS2/c21-17(6-3-15-12-23-13-19-15)18-11-14-1-4-16(5-2-14)20-7-9-22-10-8-20/h1-6,12-13H,7-11H2,(H,18,21)/b6-3+. The molecule has 1 aromatic carbocycles. The van der Waals surface area contributed by atoms with E-state index in [9.17, 15) is 4.79 Å². The van der Waals surface area contributed by atoms with Crippen molar-refractivity contribution in [1.29, 1.82) is 0 Å². The van der Waals surface area contributed by atoms with Crippen LogP contribution in [0.25, 0.3) is 6.08 Å². The lowest BCUT2D eigenvalue weighted by Crippen LogP contribution is -2.32. The number of nitrogens with zero attached hydrogens (tertiary/aromatic N) is 2. The summed E-state index contributed by atoms with van der Waals surface area (Å²) >= 11 is 3.53. The van der Waals surface area contributed by atoms with Crippen molar-refractivity contribution < 1.29 is 4.79 Å². The van der Waals surface area contributed by atoms with E-state index in [1.54, 1.807) is 11.6 Å². The SMILES string of the molecule is O=C(/C=C/c1cscn1)NCc1ccc(N2CCSCC2)cc1. The zero-order valence-corrected chi connectivity index (χ0v) is 14.4. The Hall–Kier alpha value is -1.79. The van der Waals surface area contributed by atoms with Gasteiger partial charge in [-0.25, -0.2) is 4.98 Å². The van der Waals surface area contributed by atoms with E-state index in [0.29, 0.717) is 6.54 Å². The number of carbonyl (C=O) groups excluding carboxylic acids is 1. The Kier molecular flexibility index (Phi) is 5.71. The maximum absolute atomic E-state index is 11.8. The van der Waals surface area contributed by atoms with Crippen LogP contribution in [-0.2, 0) is 11.3 Å². The van der Waals surface area contributed by atoms with Crippen LogP contribution in [0.5, 0.6) is 0 Å². The number of rotatable bonds is 5. The highest BCUT2D eigenvalue weighted by Gasteiger charge is 2.10. The molecule has 2 aromatic rings. The van der Waals surface area contributed by atoms with Crippen molar-refractivity contribution in [2.75, 3.05) is 29.5 Å². The summed E-state index contributed by atoms with van der Waals surface area (Å²) < 4.78 is 0. The largest absolute Gasteiger partial charge is 0.370 e. The fraction of sp³-hybridized carbons (Fsp3) is 0.294. The second-order valence-corrected chi connectivity index (χ2v) is 7.17. The molecule has 120 valence electrons. The van der Waals surface area contributed by atoms with Crippen LogP contribution in [0.3, 0.4) is 0 Å². The quantitative estimate of drug-likeness (QED) is 0.846. The van der Waals surface area contributed by atoms with Crippen molar-refractivity contribution in [3.05, 3.63) is 52.5 Å². The molecule has 0 aliphatic carbocycles. The third kappa shape index (κ3) is 4.84. The van der Waals surface area contributed by atoms with Crippen LogP contribution in [0.4, 0.5) is 5.69 Å². The Balaban J connectivity index is 1.49. The Morgan fingerprint density at radius 2 is 2.04 bits per heavy atom. The predicted molar refractivity (Wildman–Crippen MR) is 99.0 cm³/mol. The molecule has 0 bridgehead atoms. The highest BCUT2D eigenvalue weighted by molar-refractivity contribution is 7.99. The molecular formula is C17H19N3OS2. The summed E-state index contributed by atoms with van der Waals surface area (Å²) in [5, 5.41) is 4.80. The third-order valence-electron chi connectivity index (χ3n) is 3.64. The van der Waals surface area contributed by atoms with Gasteiger partial charge in [-0.2, -0.15) is 11.8 Å². The molecule has 1 N–H and O–H groups in total. The maximum atomic E-state index is 11.8. The number of carbonyl (C=O) groups is 1. The average molecular weight is 345 g/mol. The summed E-state index contributed by atoms with van der Waals surface area (Å²) in [5.41, 5.74) is 4.94. The van der Waals surface area contributed by atoms with Gasteiger partial charge < -0.3 is 10.2 Å². The van der Waals surface area contributed by atoms with Crippen molar-refractivity contribution in [3.8, 4) is 0 Å². The Bertz CT molecular complexity index is 647. The average Bonchev–Trinajstić information content (AvgIpc) is 3.13. The molecule has 1 saturated heterocycles.